The molecule has 0 saturated heterocycles. The average molecular weight is 262 g/mol. The van der Waals surface area contributed by atoms with Crippen molar-refractivity contribution in [2.45, 2.75) is 67.2 Å². The number of rotatable bonds is 2. The third-order valence-electron chi connectivity index (χ3n) is 4.59. The van der Waals surface area contributed by atoms with Gasteiger partial charge in [-0.2, -0.15) is 0 Å². The zero-order chi connectivity index (χ0) is 15.1. The lowest BCUT2D eigenvalue weighted by Crippen LogP contribution is -2.31. The Morgan fingerprint density at radius 3 is 1.84 bits per heavy atom. The highest BCUT2D eigenvalue weighted by molar-refractivity contribution is 5.44. The standard InChI is InChI=1S/C18H30O/c1-16(2,3)14-11-9-10-13(15(14)19)12-18(7,8)17(4,5)6/h9-11,19H,12H2,1-8H3. The molecule has 1 aromatic rings. The topological polar surface area (TPSA) is 20.2 Å². The van der Waals surface area contributed by atoms with Crippen LogP contribution in [0.3, 0.4) is 0 Å². The van der Waals surface area contributed by atoms with Crippen LogP contribution in [0.15, 0.2) is 18.2 Å². The number of para-hydroxylation sites is 1. The molecule has 0 radical (unpaired) electrons. The van der Waals surface area contributed by atoms with Crippen molar-refractivity contribution in [3.63, 3.8) is 0 Å². The molecule has 0 fully saturated rings. The van der Waals surface area contributed by atoms with E-state index in [1.165, 1.54) is 0 Å². The van der Waals surface area contributed by atoms with E-state index in [9.17, 15) is 5.11 Å². The van der Waals surface area contributed by atoms with Crippen molar-refractivity contribution in [3.8, 4) is 5.75 Å². The van der Waals surface area contributed by atoms with Gasteiger partial charge in [-0.3, -0.25) is 0 Å². The van der Waals surface area contributed by atoms with Crippen LogP contribution in [0.4, 0.5) is 0 Å². The van der Waals surface area contributed by atoms with Crippen LogP contribution in [0.1, 0.15) is 66.5 Å². The Morgan fingerprint density at radius 2 is 1.42 bits per heavy atom. The number of phenolic OH excluding ortho intramolecular Hbond substituents is 1. The molecule has 19 heavy (non-hydrogen) atoms. The van der Waals surface area contributed by atoms with Crippen LogP contribution in [0.2, 0.25) is 0 Å². The first-order valence-electron chi connectivity index (χ1n) is 7.17. The fourth-order valence-corrected chi connectivity index (χ4v) is 2.08. The first kappa shape index (κ1) is 16.1. The zero-order valence-corrected chi connectivity index (χ0v) is 13.9. The van der Waals surface area contributed by atoms with Crippen molar-refractivity contribution < 1.29 is 5.11 Å². The highest BCUT2D eigenvalue weighted by Crippen LogP contribution is 2.43. The fraction of sp³-hybridized carbons (Fsp3) is 0.667. The predicted octanol–water partition coefficient (Wildman–Crippen LogP) is 5.30. The molecule has 0 aliphatic carbocycles. The van der Waals surface area contributed by atoms with Crippen molar-refractivity contribution in [1.29, 1.82) is 0 Å². The zero-order valence-electron chi connectivity index (χ0n) is 13.9. The second-order valence-electron chi connectivity index (χ2n) is 8.37. The molecule has 0 atom stereocenters. The smallest absolute Gasteiger partial charge is 0.122 e. The highest BCUT2D eigenvalue weighted by Gasteiger charge is 2.34. The molecule has 0 saturated carbocycles. The number of phenols is 1. The molecule has 1 aromatic carbocycles. The first-order chi connectivity index (χ1) is 8.36. The maximum atomic E-state index is 10.6. The minimum atomic E-state index is -0.0219. The summed E-state index contributed by atoms with van der Waals surface area (Å²) in [6.45, 7) is 17.8. The summed E-state index contributed by atoms with van der Waals surface area (Å²) >= 11 is 0. The Labute approximate surface area is 119 Å². The van der Waals surface area contributed by atoms with Crippen molar-refractivity contribution in [1.82, 2.24) is 0 Å². The Hall–Kier alpha value is -0.980. The highest BCUT2D eigenvalue weighted by atomic mass is 16.3. The van der Waals surface area contributed by atoms with Crippen LogP contribution in [-0.2, 0) is 11.8 Å². The molecule has 1 rings (SSSR count). The summed E-state index contributed by atoms with van der Waals surface area (Å²) in [5, 5.41) is 10.6. The van der Waals surface area contributed by atoms with E-state index >= 15 is 0 Å². The van der Waals surface area contributed by atoms with Crippen LogP contribution >= 0.6 is 0 Å². The fourth-order valence-electron chi connectivity index (χ4n) is 2.08. The van der Waals surface area contributed by atoms with Crippen LogP contribution < -0.4 is 0 Å². The third-order valence-corrected chi connectivity index (χ3v) is 4.59. The van der Waals surface area contributed by atoms with Crippen molar-refractivity contribution >= 4 is 0 Å². The van der Waals surface area contributed by atoms with Crippen molar-refractivity contribution in [3.05, 3.63) is 29.3 Å². The van der Waals surface area contributed by atoms with E-state index in [-0.39, 0.29) is 16.2 Å². The largest absolute Gasteiger partial charge is 0.507 e. The summed E-state index contributed by atoms with van der Waals surface area (Å²) in [4.78, 5) is 0. The van der Waals surface area contributed by atoms with Gasteiger partial charge in [0.2, 0.25) is 0 Å². The van der Waals surface area contributed by atoms with Gasteiger partial charge in [-0.15, -0.1) is 0 Å². The molecule has 0 heterocycles. The predicted molar refractivity (Wildman–Crippen MR) is 83.7 cm³/mol. The lowest BCUT2D eigenvalue weighted by atomic mass is 9.66. The molecule has 0 bridgehead atoms. The van der Waals surface area contributed by atoms with E-state index < -0.39 is 0 Å². The van der Waals surface area contributed by atoms with Gasteiger partial charge in [-0.25, -0.2) is 0 Å². The lowest BCUT2D eigenvalue weighted by molar-refractivity contribution is 0.131. The van der Waals surface area contributed by atoms with E-state index in [4.69, 9.17) is 0 Å². The summed E-state index contributed by atoms with van der Waals surface area (Å²) in [6.07, 6.45) is 0.895. The molecule has 0 unspecified atom stereocenters. The van der Waals surface area contributed by atoms with Gasteiger partial charge in [0.15, 0.2) is 0 Å². The molecule has 108 valence electrons. The molecule has 1 heteroatoms. The van der Waals surface area contributed by atoms with E-state index in [0.29, 0.717) is 5.75 Å². The molecular formula is C18H30O. The molecule has 0 spiro atoms. The molecule has 0 aromatic heterocycles. The van der Waals surface area contributed by atoms with E-state index in [2.05, 4.69) is 67.5 Å². The van der Waals surface area contributed by atoms with Gasteiger partial charge in [0.25, 0.3) is 0 Å². The maximum absolute atomic E-state index is 10.6. The van der Waals surface area contributed by atoms with Crippen LogP contribution in [-0.4, -0.2) is 5.11 Å². The van der Waals surface area contributed by atoms with E-state index in [0.717, 1.165) is 17.5 Å². The van der Waals surface area contributed by atoms with Gasteiger partial charge >= 0.3 is 0 Å². The van der Waals surface area contributed by atoms with Gasteiger partial charge in [0.1, 0.15) is 5.75 Å². The van der Waals surface area contributed by atoms with Gasteiger partial charge in [-0.05, 0) is 33.8 Å². The molecular weight excluding hydrogens is 232 g/mol. The van der Waals surface area contributed by atoms with Gasteiger partial charge < -0.3 is 5.11 Å². The quantitative estimate of drug-likeness (QED) is 0.766. The second-order valence-corrected chi connectivity index (χ2v) is 8.37. The van der Waals surface area contributed by atoms with Gasteiger partial charge in [0, 0.05) is 0 Å². The normalized spacial score (nSPS) is 13.7. The molecule has 0 aliphatic heterocycles. The summed E-state index contributed by atoms with van der Waals surface area (Å²) in [7, 11) is 0. The Balaban J connectivity index is 3.18. The molecule has 0 aliphatic rings. The number of aromatic hydroxyl groups is 1. The lowest BCUT2D eigenvalue weighted by Gasteiger charge is -2.39. The van der Waals surface area contributed by atoms with E-state index in [1.54, 1.807) is 0 Å². The van der Waals surface area contributed by atoms with Crippen molar-refractivity contribution in [2.75, 3.05) is 0 Å². The third kappa shape index (κ3) is 3.52. The van der Waals surface area contributed by atoms with Crippen molar-refractivity contribution in [2.24, 2.45) is 10.8 Å². The SMILES string of the molecule is CC(C)(C)c1cccc(CC(C)(C)C(C)(C)C)c1O. The average Bonchev–Trinajstić information content (AvgIpc) is 2.17. The molecule has 0 amide bonds. The molecule has 1 N–H and O–H groups in total. The van der Waals surface area contributed by atoms with Crippen LogP contribution in [0.5, 0.6) is 5.75 Å². The van der Waals surface area contributed by atoms with Gasteiger partial charge in [0.05, 0.1) is 0 Å². The van der Waals surface area contributed by atoms with Crippen LogP contribution in [0.25, 0.3) is 0 Å². The first-order valence-corrected chi connectivity index (χ1v) is 7.17. The number of hydrogen-bond acceptors (Lipinski definition) is 1. The maximum Gasteiger partial charge on any atom is 0.122 e. The Morgan fingerprint density at radius 1 is 0.895 bits per heavy atom. The molecule has 1 nitrogen and oxygen atoms in total. The van der Waals surface area contributed by atoms with E-state index in [1.807, 2.05) is 6.07 Å². The van der Waals surface area contributed by atoms with Crippen LogP contribution in [0, 0.1) is 10.8 Å². The summed E-state index contributed by atoms with van der Waals surface area (Å²) in [5.41, 5.74) is 2.42. The minimum Gasteiger partial charge on any atom is -0.507 e. The monoisotopic (exact) mass is 262 g/mol. The number of hydrogen-bond donors (Lipinski definition) is 1. The summed E-state index contributed by atoms with van der Waals surface area (Å²) in [6, 6.07) is 6.15. The Kier molecular flexibility index (Phi) is 4.10. The number of benzene rings is 1. The minimum absolute atomic E-state index is 0.0219. The Bertz CT molecular complexity index is 442. The van der Waals surface area contributed by atoms with Gasteiger partial charge in [-0.1, -0.05) is 73.6 Å². The second kappa shape index (κ2) is 4.85. The summed E-state index contributed by atoms with van der Waals surface area (Å²) in [5.74, 6) is 0.479. The summed E-state index contributed by atoms with van der Waals surface area (Å²) < 4.78 is 0.